The molecule has 0 aromatic rings. The maximum Gasteiger partial charge on any atom is 0.00977 e. The predicted octanol–water partition coefficient (Wildman–Crippen LogP) is 2.48. The Balaban J connectivity index is 0. The Hall–Kier alpha value is -0.160. The van der Waals surface area contributed by atoms with Gasteiger partial charge in [0.2, 0.25) is 0 Å². The van der Waals surface area contributed by atoms with Crippen LogP contribution in [-0.2, 0) is 0 Å². The lowest BCUT2D eigenvalue weighted by Gasteiger charge is -2.24. The summed E-state index contributed by atoms with van der Waals surface area (Å²) in [6, 6.07) is 0. The zero-order valence-electron chi connectivity index (χ0n) is 15.1. The third kappa shape index (κ3) is 26.4. The van der Waals surface area contributed by atoms with Gasteiger partial charge in [0.25, 0.3) is 0 Å². The van der Waals surface area contributed by atoms with Crippen LogP contribution < -0.4 is 22.9 Å². The summed E-state index contributed by atoms with van der Waals surface area (Å²) in [7, 11) is 0. The lowest BCUT2D eigenvalue weighted by molar-refractivity contribution is 0.376. The Morgan fingerprint density at radius 2 is 0.500 bits per heavy atom. The summed E-state index contributed by atoms with van der Waals surface area (Å²) >= 11 is 0. The molecule has 20 heavy (non-hydrogen) atoms. The molecule has 0 aromatic heterocycles. The molecule has 0 aliphatic rings. The summed E-state index contributed by atoms with van der Waals surface area (Å²) in [5, 5.41) is 0. The largest absolute Gasteiger partial charge is 0.326 e. The highest BCUT2D eigenvalue weighted by Crippen LogP contribution is 2.15. The van der Waals surface area contributed by atoms with Crippen molar-refractivity contribution in [1.29, 1.82) is 0 Å². The highest BCUT2D eigenvalue weighted by Gasteiger charge is 2.17. The molecule has 0 atom stereocenters. The van der Waals surface area contributed by atoms with Gasteiger partial charge in [-0.05, 0) is 81.1 Å². The number of hydrogen-bond donors (Lipinski definition) is 4. The van der Waals surface area contributed by atoms with Crippen LogP contribution in [0.4, 0.5) is 0 Å². The smallest absolute Gasteiger partial charge is 0.00977 e. The molecule has 124 valence electrons. The first-order chi connectivity index (χ1) is 8.41. The van der Waals surface area contributed by atoms with E-state index in [1.165, 1.54) is 0 Å². The molecule has 0 radical (unpaired) electrons. The molecule has 0 heterocycles. The molecule has 0 unspecified atom stereocenters. The molecular weight excluding hydrogens is 248 g/mol. The molecule has 0 rings (SSSR count). The van der Waals surface area contributed by atoms with Crippen LogP contribution in [0.1, 0.15) is 81.1 Å². The van der Waals surface area contributed by atoms with Gasteiger partial charge in [0, 0.05) is 22.2 Å². The van der Waals surface area contributed by atoms with E-state index in [1.807, 2.05) is 55.4 Å². The van der Waals surface area contributed by atoms with E-state index in [4.69, 9.17) is 22.9 Å². The van der Waals surface area contributed by atoms with E-state index in [-0.39, 0.29) is 22.2 Å². The van der Waals surface area contributed by atoms with Gasteiger partial charge in [-0.3, -0.25) is 0 Å². The summed E-state index contributed by atoms with van der Waals surface area (Å²) < 4.78 is 0. The Kier molecular flexibility index (Phi) is 8.56. The number of hydrogen-bond acceptors (Lipinski definition) is 4. The van der Waals surface area contributed by atoms with Crippen molar-refractivity contribution >= 4 is 0 Å². The van der Waals surface area contributed by atoms with Gasteiger partial charge in [-0.2, -0.15) is 0 Å². The van der Waals surface area contributed by atoms with Crippen LogP contribution in [0.25, 0.3) is 0 Å². The fourth-order valence-electron chi connectivity index (χ4n) is 1.29. The summed E-state index contributed by atoms with van der Waals surface area (Å²) in [5.41, 5.74) is 22.9. The van der Waals surface area contributed by atoms with Gasteiger partial charge in [-0.25, -0.2) is 0 Å². The minimum absolute atomic E-state index is 0.0728. The second-order valence-electron chi connectivity index (χ2n) is 8.95. The van der Waals surface area contributed by atoms with Crippen molar-refractivity contribution in [2.75, 3.05) is 0 Å². The van der Waals surface area contributed by atoms with Gasteiger partial charge in [0.1, 0.15) is 0 Å². The van der Waals surface area contributed by atoms with E-state index in [9.17, 15) is 0 Å². The van der Waals surface area contributed by atoms with Crippen LogP contribution in [-0.4, -0.2) is 22.2 Å². The fourth-order valence-corrected chi connectivity index (χ4v) is 1.29. The molecule has 0 spiro atoms. The van der Waals surface area contributed by atoms with Gasteiger partial charge >= 0.3 is 0 Å². The lowest BCUT2D eigenvalue weighted by Crippen LogP contribution is -2.38. The van der Waals surface area contributed by atoms with E-state index in [0.717, 1.165) is 25.7 Å². The van der Waals surface area contributed by atoms with Crippen molar-refractivity contribution < 1.29 is 0 Å². The second-order valence-corrected chi connectivity index (χ2v) is 8.95. The summed E-state index contributed by atoms with van der Waals surface area (Å²) in [6.45, 7) is 16.2. The van der Waals surface area contributed by atoms with Crippen molar-refractivity contribution in [3.8, 4) is 0 Å². The molecule has 0 bridgehead atoms. The summed E-state index contributed by atoms with van der Waals surface area (Å²) in [6.07, 6.45) is 3.93. The Morgan fingerprint density at radius 3 is 0.550 bits per heavy atom. The second kappa shape index (κ2) is 7.74. The van der Waals surface area contributed by atoms with Crippen molar-refractivity contribution in [3.63, 3.8) is 0 Å². The third-order valence-corrected chi connectivity index (χ3v) is 2.83. The van der Waals surface area contributed by atoms with Crippen LogP contribution in [0.15, 0.2) is 0 Å². The maximum atomic E-state index is 5.79. The molecule has 0 saturated carbocycles. The van der Waals surface area contributed by atoms with Gasteiger partial charge in [-0.15, -0.1) is 0 Å². The molecule has 0 fully saturated rings. The molecule has 0 amide bonds. The van der Waals surface area contributed by atoms with Gasteiger partial charge < -0.3 is 22.9 Å². The zero-order valence-corrected chi connectivity index (χ0v) is 15.1. The topological polar surface area (TPSA) is 104 Å². The summed E-state index contributed by atoms with van der Waals surface area (Å²) in [5.74, 6) is 0. The standard InChI is InChI=1S/2C8H20N2/c2*1-7(2,9)5-6-8(3,4)10/h2*5-6,9-10H2,1-4H3. The molecule has 0 aliphatic heterocycles. The quantitative estimate of drug-likeness (QED) is 0.602. The Morgan fingerprint density at radius 1 is 0.400 bits per heavy atom. The number of nitrogens with two attached hydrogens (primary N) is 4. The van der Waals surface area contributed by atoms with Crippen LogP contribution >= 0.6 is 0 Å². The first-order valence-corrected chi connectivity index (χ1v) is 7.57. The van der Waals surface area contributed by atoms with Crippen LogP contribution in [0, 0.1) is 0 Å². The van der Waals surface area contributed by atoms with Crippen molar-refractivity contribution in [3.05, 3.63) is 0 Å². The van der Waals surface area contributed by atoms with Gasteiger partial charge in [-0.1, -0.05) is 0 Å². The Labute approximate surface area is 127 Å². The van der Waals surface area contributed by atoms with Crippen LogP contribution in [0.3, 0.4) is 0 Å². The minimum atomic E-state index is -0.0728. The van der Waals surface area contributed by atoms with Gasteiger partial charge in [0.15, 0.2) is 0 Å². The average Bonchev–Trinajstić information content (AvgIpc) is 2.09. The van der Waals surface area contributed by atoms with E-state index in [2.05, 4.69) is 0 Å². The highest BCUT2D eigenvalue weighted by atomic mass is 14.7. The fraction of sp³-hybridized carbons (Fsp3) is 1.00. The van der Waals surface area contributed by atoms with Crippen LogP contribution in [0.5, 0.6) is 0 Å². The molecule has 4 nitrogen and oxygen atoms in total. The maximum absolute atomic E-state index is 5.79. The lowest BCUT2D eigenvalue weighted by atomic mass is 9.91. The SMILES string of the molecule is CC(C)(N)CCC(C)(C)N.CC(C)(N)CCC(C)(C)N. The zero-order chi connectivity index (χ0) is 16.8. The average molecular weight is 289 g/mol. The van der Waals surface area contributed by atoms with E-state index < -0.39 is 0 Å². The first-order valence-electron chi connectivity index (χ1n) is 7.57. The van der Waals surface area contributed by atoms with Crippen molar-refractivity contribution in [1.82, 2.24) is 0 Å². The normalized spacial score (nSPS) is 13.8. The monoisotopic (exact) mass is 288 g/mol. The minimum Gasteiger partial charge on any atom is -0.326 e. The number of rotatable bonds is 6. The van der Waals surface area contributed by atoms with E-state index >= 15 is 0 Å². The highest BCUT2D eigenvalue weighted by molar-refractivity contribution is 4.80. The summed E-state index contributed by atoms with van der Waals surface area (Å²) in [4.78, 5) is 0. The van der Waals surface area contributed by atoms with Crippen molar-refractivity contribution in [2.24, 2.45) is 22.9 Å². The van der Waals surface area contributed by atoms with Gasteiger partial charge in [0.05, 0.1) is 0 Å². The molecule has 4 heteroatoms. The predicted molar refractivity (Wildman–Crippen MR) is 91.5 cm³/mol. The molecular formula is C16H40N4. The molecule has 0 aliphatic carbocycles. The Bertz CT molecular complexity index is 190. The molecule has 0 aromatic carbocycles. The van der Waals surface area contributed by atoms with Crippen LogP contribution in [0.2, 0.25) is 0 Å². The first kappa shape index (κ1) is 22.1. The third-order valence-electron chi connectivity index (χ3n) is 2.83. The molecule has 0 saturated heterocycles. The molecule has 8 N–H and O–H groups in total. The van der Waals surface area contributed by atoms with E-state index in [1.54, 1.807) is 0 Å². The van der Waals surface area contributed by atoms with Crippen molar-refractivity contribution in [2.45, 2.75) is 103 Å². The van der Waals surface area contributed by atoms with E-state index in [0.29, 0.717) is 0 Å².